The summed E-state index contributed by atoms with van der Waals surface area (Å²) in [6, 6.07) is 0. The average Bonchev–Trinajstić information content (AvgIpc) is 2.95. The van der Waals surface area contributed by atoms with Crippen LogP contribution < -0.4 is 0 Å². The molecule has 4 heteroatoms. The first-order chi connectivity index (χ1) is 13.1. The third-order valence-electron chi connectivity index (χ3n) is 10.1. The molecule has 4 aliphatic carbocycles. The van der Waals surface area contributed by atoms with Gasteiger partial charge in [-0.15, -0.1) is 0 Å². The van der Waals surface area contributed by atoms with E-state index >= 15 is 0 Å². The molecule has 0 aromatic carbocycles. The molecule has 0 bridgehead atoms. The van der Waals surface area contributed by atoms with Gasteiger partial charge in [0.05, 0.1) is 0 Å². The van der Waals surface area contributed by atoms with Crippen LogP contribution in [0.5, 0.6) is 0 Å². The quantitative estimate of drug-likeness (QED) is 0.716. The minimum Gasteiger partial charge on any atom is -0.368 e. The molecule has 0 aromatic heterocycles. The van der Waals surface area contributed by atoms with Crippen molar-refractivity contribution in [3.63, 3.8) is 0 Å². The fraction of sp³-hybridized carbons (Fsp3) is 0.833. The Morgan fingerprint density at radius 2 is 1.75 bits per heavy atom. The van der Waals surface area contributed by atoms with E-state index in [0.717, 1.165) is 44.9 Å². The molecule has 4 nitrogen and oxygen atoms in total. The molecule has 0 aromatic rings. The van der Waals surface area contributed by atoms with E-state index in [9.17, 15) is 19.8 Å². The highest BCUT2D eigenvalue weighted by atomic mass is 16.5. The lowest BCUT2D eigenvalue weighted by atomic mass is 9.43. The Hall–Kier alpha value is -1.00. The molecular weight excluding hydrogens is 352 g/mol. The van der Waals surface area contributed by atoms with Gasteiger partial charge in [0, 0.05) is 17.8 Å². The number of carbonyl (C=O) groups excluding carboxylic acids is 2. The summed E-state index contributed by atoms with van der Waals surface area (Å²) in [6.07, 6.45) is 8.01. The summed E-state index contributed by atoms with van der Waals surface area (Å²) in [5.74, 6) is 1.57. The smallest absolute Gasteiger partial charge is 0.155 e. The highest BCUT2D eigenvalue weighted by molar-refractivity contribution is 5.91. The summed E-state index contributed by atoms with van der Waals surface area (Å²) in [5.41, 5.74) is 0.673. The van der Waals surface area contributed by atoms with Crippen LogP contribution in [0.25, 0.3) is 0 Å². The Morgan fingerprint density at radius 3 is 2.39 bits per heavy atom. The van der Waals surface area contributed by atoms with Crippen molar-refractivity contribution >= 4 is 11.6 Å². The van der Waals surface area contributed by atoms with Crippen molar-refractivity contribution < 1.29 is 19.8 Å². The summed E-state index contributed by atoms with van der Waals surface area (Å²) < 4.78 is 0. The Bertz CT molecular complexity index is 724. The first-order valence-corrected chi connectivity index (χ1v) is 11.2. The summed E-state index contributed by atoms with van der Waals surface area (Å²) in [4.78, 5) is 25.0. The zero-order chi connectivity index (χ0) is 20.5. The van der Waals surface area contributed by atoms with Gasteiger partial charge in [-0.1, -0.05) is 26.3 Å². The second-order valence-electron chi connectivity index (χ2n) is 10.7. The number of aliphatic hydroxyl groups excluding tert-OH is 1. The van der Waals surface area contributed by atoms with Gasteiger partial charge in [-0.2, -0.15) is 0 Å². The van der Waals surface area contributed by atoms with Gasteiger partial charge in [-0.05, 0) is 86.5 Å². The van der Waals surface area contributed by atoms with E-state index in [1.807, 2.05) is 13.0 Å². The first kappa shape index (κ1) is 20.3. The molecule has 28 heavy (non-hydrogen) atoms. The van der Waals surface area contributed by atoms with Gasteiger partial charge in [0.25, 0.3) is 0 Å². The zero-order valence-electron chi connectivity index (χ0n) is 17.8. The Labute approximate surface area is 168 Å². The van der Waals surface area contributed by atoms with E-state index in [1.54, 1.807) is 6.92 Å². The van der Waals surface area contributed by atoms with Crippen molar-refractivity contribution in [2.75, 3.05) is 0 Å². The standard InChI is InChI=1S/C24H36O4/c1-14(21(27)28)24(15(2)25)12-9-20-18-6-5-16-13-17(26)7-10-22(16,3)19(18)8-11-23(20,24)4/h13-14,18-21,27-28H,5-12H2,1-4H3/t14?,18-,19+,20+,22+,23+,24+/m1/s1. The number of hydrogen-bond donors (Lipinski definition) is 2. The number of aliphatic hydroxyl groups is 2. The SMILES string of the molecule is CC(=O)[C@@]1(C(C)C(O)O)CC[C@H]2[C@@H]3CCC4=CC(=O)CC[C@]4(C)[C@H]3CC[C@@]21C. The maximum atomic E-state index is 13.0. The molecule has 7 atom stereocenters. The van der Waals surface area contributed by atoms with Crippen LogP contribution in [0.2, 0.25) is 0 Å². The van der Waals surface area contributed by atoms with E-state index in [1.165, 1.54) is 5.57 Å². The molecule has 3 fully saturated rings. The number of fused-ring (bicyclic) bond motifs is 5. The Kier molecular flexibility index (Phi) is 4.71. The number of allylic oxidation sites excluding steroid dienone is 1. The van der Waals surface area contributed by atoms with Gasteiger partial charge in [0.1, 0.15) is 5.78 Å². The van der Waals surface area contributed by atoms with Crippen LogP contribution in [-0.2, 0) is 9.59 Å². The molecule has 0 saturated heterocycles. The molecule has 0 heterocycles. The van der Waals surface area contributed by atoms with Crippen molar-refractivity contribution in [3.05, 3.63) is 11.6 Å². The van der Waals surface area contributed by atoms with E-state index in [-0.39, 0.29) is 22.4 Å². The molecular formula is C24H36O4. The van der Waals surface area contributed by atoms with Crippen LogP contribution in [0.15, 0.2) is 11.6 Å². The minimum atomic E-state index is -1.46. The number of hydrogen-bond acceptors (Lipinski definition) is 4. The lowest BCUT2D eigenvalue weighted by Gasteiger charge is -2.60. The number of carbonyl (C=O) groups is 2. The number of Topliss-reactive ketones (excluding diaryl/α,β-unsaturated/α-hetero) is 1. The fourth-order valence-electron chi connectivity index (χ4n) is 8.54. The number of ketones is 2. The Morgan fingerprint density at radius 1 is 1.07 bits per heavy atom. The minimum absolute atomic E-state index is 0.127. The van der Waals surface area contributed by atoms with Crippen molar-refractivity contribution in [1.82, 2.24) is 0 Å². The normalized spacial score (nSPS) is 46.5. The van der Waals surface area contributed by atoms with Gasteiger partial charge in [-0.3, -0.25) is 9.59 Å². The van der Waals surface area contributed by atoms with Gasteiger partial charge in [0.2, 0.25) is 0 Å². The summed E-state index contributed by atoms with van der Waals surface area (Å²) in [7, 11) is 0. The van der Waals surface area contributed by atoms with Crippen LogP contribution in [0.4, 0.5) is 0 Å². The molecule has 3 saturated carbocycles. The van der Waals surface area contributed by atoms with Gasteiger partial charge < -0.3 is 10.2 Å². The predicted octanol–water partition coefficient (Wildman–Crippen LogP) is 4.04. The molecule has 0 amide bonds. The van der Waals surface area contributed by atoms with Crippen LogP contribution in [0.3, 0.4) is 0 Å². The Balaban J connectivity index is 1.72. The fourth-order valence-corrected chi connectivity index (χ4v) is 8.54. The molecule has 4 rings (SSSR count). The van der Waals surface area contributed by atoms with Crippen LogP contribution in [0.1, 0.15) is 79.1 Å². The predicted molar refractivity (Wildman–Crippen MR) is 107 cm³/mol. The van der Waals surface area contributed by atoms with E-state index in [4.69, 9.17) is 0 Å². The third-order valence-corrected chi connectivity index (χ3v) is 10.1. The van der Waals surface area contributed by atoms with E-state index < -0.39 is 17.6 Å². The van der Waals surface area contributed by atoms with Crippen molar-refractivity contribution in [2.45, 2.75) is 85.4 Å². The molecule has 1 unspecified atom stereocenters. The summed E-state index contributed by atoms with van der Waals surface area (Å²) in [5, 5.41) is 20.0. The summed E-state index contributed by atoms with van der Waals surface area (Å²) >= 11 is 0. The first-order valence-electron chi connectivity index (χ1n) is 11.2. The van der Waals surface area contributed by atoms with Gasteiger partial charge >= 0.3 is 0 Å². The van der Waals surface area contributed by atoms with Gasteiger partial charge in [0.15, 0.2) is 12.1 Å². The highest BCUT2D eigenvalue weighted by Gasteiger charge is 2.67. The molecule has 0 spiro atoms. The van der Waals surface area contributed by atoms with Crippen LogP contribution in [-0.4, -0.2) is 28.1 Å². The summed E-state index contributed by atoms with van der Waals surface area (Å²) in [6.45, 7) is 8.15. The third kappa shape index (κ3) is 2.43. The average molecular weight is 389 g/mol. The topological polar surface area (TPSA) is 74.6 Å². The van der Waals surface area contributed by atoms with Crippen LogP contribution in [0, 0.1) is 39.9 Å². The maximum absolute atomic E-state index is 13.0. The molecule has 4 aliphatic rings. The second-order valence-corrected chi connectivity index (χ2v) is 10.7. The van der Waals surface area contributed by atoms with Crippen molar-refractivity contribution in [2.24, 2.45) is 39.9 Å². The maximum Gasteiger partial charge on any atom is 0.155 e. The second kappa shape index (κ2) is 6.50. The van der Waals surface area contributed by atoms with E-state index in [2.05, 4.69) is 13.8 Å². The largest absolute Gasteiger partial charge is 0.368 e. The molecule has 0 radical (unpaired) electrons. The van der Waals surface area contributed by atoms with Crippen molar-refractivity contribution in [1.29, 1.82) is 0 Å². The molecule has 2 N–H and O–H groups in total. The lowest BCUT2D eigenvalue weighted by Crippen LogP contribution is -2.57. The van der Waals surface area contributed by atoms with Gasteiger partial charge in [-0.25, -0.2) is 0 Å². The lowest BCUT2D eigenvalue weighted by molar-refractivity contribution is -0.177. The molecule has 0 aliphatic heterocycles. The van der Waals surface area contributed by atoms with E-state index in [0.29, 0.717) is 24.2 Å². The van der Waals surface area contributed by atoms with Crippen molar-refractivity contribution in [3.8, 4) is 0 Å². The highest BCUT2D eigenvalue weighted by Crippen LogP contribution is 2.71. The molecule has 156 valence electrons. The monoisotopic (exact) mass is 388 g/mol. The number of rotatable bonds is 3. The van der Waals surface area contributed by atoms with Crippen LogP contribution >= 0.6 is 0 Å². The zero-order valence-corrected chi connectivity index (χ0v) is 17.8.